The van der Waals surface area contributed by atoms with Gasteiger partial charge in [0.15, 0.2) is 11.7 Å². The molecule has 0 bridgehead atoms. The normalized spacial score (nSPS) is 16.4. The number of rotatable bonds is 5. The van der Waals surface area contributed by atoms with Crippen LogP contribution in [0.15, 0.2) is 34.9 Å². The van der Waals surface area contributed by atoms with Crippen molar-refractivity contribution >= 4 is 30.7 Å². The summed E-state index contributed by atoms with van der Waals surface area (Å²) < 4.78 is 19.2. The summed E-state index contributed by atoms with van der Waals surface area (Å²) >= 11 is 0. The molecule has 1 fully saturated rings. The third kappa shape index (κ3) is 5.99. The zero-order valence-electron chi connectivity index (χ0n) is 13.7. The van der Waals surface area contributed by atoms with E-state index in [0.29, 0.717) is 30.1 Å². The first-order valence-corrected chi connectivity index (χ1v) is 7.92. The number of hydrogen-bond acceptors (Lipinski definition) is 4. The van der Waals surface area contributed by atoms with Crippen LogP contribution in [-0.4, -0.2) is 30.0 Å². The van der Waals surface area contributed by atoms with Crippen LogP contribution in [0.25, 0.3) is 11.3 Å². The summed E-state index contributed by atoms with van der Waals surface area (Å²) in [5, 5.41) is 6.27. The number of carbonyl (C=O) groups excluding carboxylic acids is 1. The predicted molar refractivity (Wildman–Crippen MR) is 98.7 cm³/mol. The van der Waals surface area contributed by atoms with Crippen molar-refractivity contribution in [3.63, 3.8) is 0 Å². The molecule has 138 valence electrons. The maximum atomic E-state index is 13.7. The molecule has 0 radical (unpaired) electrons. The minimum Gasteiger partial charge on any atom is -0.441 e. The van der Waals surface area contributed by atoms with Gasteiger partial charge in [0.25, 0.3) is 0 Å². The molecule has 2 heterocycles. The monoisotopic (exact) mass is 389 g/mol. The van der Waals surface area contributed by atoms with Crippen LogP contribution >= 0.6 is 24.8 Å². The molecular weight excluding hydrogens is 368 g/mol. The standard InChI is InChI=1S/C17H20FN3O2.2ClH/c18-14-6-2-1-5-13(14)15-11-20-17(23-15)8-7-16(22)21-12-4-3-9-19-10-12;;/h1-2,5-6,11-12,19H,3-4,7-10H2,(H,21,22);2*1H/t12-;;/m0../s1. The molecule has 2 aromatic rings. The van der Waals surface area contributed by atoms with E-state index in [2.05, 4.69) is 15.6 Å². The summed E-state index contributed by atoms with van der Waals surface area (Å²) in [7, 11) is 0. The lowest BCUT2D eigenvalue weighted by Crippen LogP contribution is -2.45. The number of aromatic nitrogens is 1. The number of hydrogen-bond donors (Lipinski definition) is 2. The molecule has 2 N–H and O–H groups in total. The van der Waals surface area contributed by atoms with Gasteiger partial charge in [-0.25, -0.2) is 9.37 Å². The Hall–Kier alpha value is -1.63. The number of aryl methyl sites for hydroxylation is 1. The molecule has 0 saturated carbocycles. The topological polar surface area (TPSA) is 67.2 Å². The first-order chi connectivity index (χ1) is 11.2. The Bertz CT molecular complexity index is 675. The molecule has 1 aromatic heterocycles. The summed E-state index contributed by atoms with van der Waals surface area (Å²) in [6.45, 7) is 1.84. The quantitative estimate of drug-likeness (QED) is 0.824. The summed E-state index contributed by atoms with van der Waals surface area (Å²) in [6, 6.07) is 6.59. The molecule has 5 nitrogen and oxygen atoms in total. The van der Waals surface area contributed by atoms with Crippen LogP contribution in [0.2, 0.25) is 0 Å². The van der Waals surface area contributed by atoms with E-state index in [1.807, 2.05) is 0 Å². The lowest BCUT2D eigenvalue weighted by Gasteiger charge is -2.23. The third-order valence-corrected chi connectivity index (χ3v) is 3.92. The van der Waals surface area contributed by atoms with Crippen molar-refractivity contribution < 1.29 is 13.6 Å². The largest absolute Gasteiger partial charge is 0.441 e. The number of nitrogens with one attached hydrogen (secondary N) is 2. The number of piperidine rings is 1. The Morgan fingerprint density at radius 2 is 2.16 bits per heavy atom. The number of benzene rings is 1. The van der Waals surface area contributed by atoms with Gasteiger partial charge in [-0.3, -0.25) is 4.79 Å². The Balaban J connectivity index is 0.00000156. The Kier molecular flexibility index (Phi) is 8.89. The van der Waals surface area contributed by atoms with Crippen molar-refractivity contribution in [1.29, 1.82) is 0 Å². The Morgan fingerprint density at radius 1 is 1.36 bits per heavy atom. The number of amides is 1. The minimum atomic E-state index is -0.349. The SMILES string of the molecule is Cl.Cl.O=C(CCc1ncc(-c2ccccc2F)o1)N[C@H]1CCCNC1. The van der Waals surface area contributed by atoms with Crippen LogP contribution < -0.4 is 10.6 Å². The van der Waals surface area contributed by atoms with Crippen molar-refractivity contribution in [3.05, 3.63) is 42.2 Å². The van der Waals surface area contributed by atoms with Gasteiger partial charge in [-0.2, -0.15) is 0 Å². The third-order valence-electron chi connectivity index (χ3n) is 3.92. The number of carbonyl (C=O) groups is 1. The van der Waals surface area contributed by atoms with Crippen LogP contribution in [0.1, 0.15) is 25.2 Å². The predicted octanol–water partition coefficient (Wildman–Crippen LogP) is 3.13. The first-order valence-electron chi connectivity index (χ1n) is 7.92. The second-order valence-electron chi connectivity index (χ2n) is 5.71. The van der Waals surface area contributed by atoms with Crippen LogP contribution in [-0.2, 0) is 11.2 Å². The van der Waals surface area contributed by atoms with Crippen LogP contribution in [0.4, 0.5) is 4.39 Å². The molecule has 25 heavy (non-hydrogen) atoms. The van der Waals surface area contributed by atoms with Gasteiger partial charge in [0.05, 0.1) is 11.8 Å². The Morgan fingerprint density at radius 3 is 2.88 bits per heavy atom. The fourth-order valence-electron chi connectivity index (χ4n) is 2.71. The summed E-state index contributed by atoms with van der Waals surface area (Å²) in [6.07, 6.45) is 4.30. The van der Waals surface area contributed by atoms with Gasteiger partial charge in [-0.1, -0.05) is 12.1 Å². The lowest BCUT2D eigenvalue weighted by atomic mass is 10.1. The number of halogens is 3. The fraction of sp³-hybridized carbons (Fsp3) is 0.412. The molecule has 0 aliphatic carbocycles. The second-order valence-corrected chi connectivity index (χ2v) is 5.71. The number of nitrogens with zero attached hydrogens (tertiary/aromatic N) is 1. The van der Waals surface area contributed by atoms with E-state index in [0.717, 1.165) is 25.9 Å². The van der Waals surface area contributed by atoms with Gasteiger partial charge in [0.2, 0.25) is 5.91 Å². The van der Waals surface area contributed by atoms with E-state index in [4.69, 9.17) is 4.42 Å². The van der Waals surface area contributed by atoms with E-state index in [9.17, 15) is 9.18 Å². The average molecular weight is 390 g/mol. The molecule has 1 aliphatic rings. The maximum Gasteiger partial charge on any atom is 0.220 e. The van der Waals surface area contributed by atoms with E-state index in [1.165, 1.54) is 12.3 Å². The highest BCUT2D eigenvalue weighted by Gasteiger charge is 2.16. The van der Waals surface area contributed by atoms with E-state index in [1.54, 1.807) is 18.2 Å². The molecule has 0 unspecified atom stereocenters. The van der Waals surface area contributed by atoms with Crippen molar-refractivity contribution in [2.75, 3.05) is 13.1 Å². The van der Waals surface area contributed by atoms with E-state index >= 15 is 0 Å². The second kappa shape index (κ2) is 10.4. The molecule has 8 heteroatoms. The van der Waals surface area contributed by atoms with Gasteiger partial charge in [0.1, 0.15) is 5.82 Å². The summed E-state index contributed by atoms with van der Waals surface area (Å²) in [5.41, 5.74) is 0.379. The summed E-state index contributed by atoms with van der Waals surface area (Å²) in [4.78, 5) is 16.1. The van der Waals surface area contributed by atoms with Crippen LogP contribution in [0.3, 0.4) is 0 Å². The molecule has 1 aromatic carbocycles. The molecule has 1 aliphatic heterocycles. The van der Waals surface area contributed by atoms with Gasteiger partial charge in [0, 0.05) is 25.4 Å². The van der Waals surface area contributed by atoms with E-state index in [-0.39, 0.29) is 42.6 Å². The molecule has 1 saturated heterocycles. The minimum absolute atomic E-state index is 0. The Labute approximate surface area is 158 Å². The first kappa shape index (κ1) is 21.4. The highest BCUT2D eigenvalue weighted by atomic mass is 35.5. The van der Waals surface area contributed by atoms with Crippen molar-refractivity contribution in [2.45, 2.75) is 31.7 Å². The smallest absolute Gasteiger partial charge is 0.220 e. The number of oxazole rings is 1. The fourth-order valence-corrected chi connectivity index (χ4v) is 2.71. The van der Waals surface area contributed by atoms with Crippen LogP contribution in [0, 0.1) is 5.82 Å². The molecular formula is C17H22Cl2FN3O2. The van der Waals surface area contributed by atoms with Gasteiger partial charge in [-0.05, 0) is 31.5 Å². The molecule has 3 rings (SSSR count). The van der Waals surface area contributed by atoms with Gasteiger partial charge in [-0.15, -0.1) is 24.8 Å². The molecule has 0 spiro atoms. The lowest BCUT2D eigenvalue weighted by molar-refractivity contribution is -0.121. The van der Waals surface area contributed by atoms with Gasteiger partial charge >= 0.3 is 0 Å². The van der Waals surface area contributed by atoms with Gasteiger partial charge < -0.3 is 15.1 Å². The zero-order valence-corrected chi connectivity index (χ0v) is 15.3. The molecule has 1 amide bonds. The highest BCUT2D eigenvalue weighted by molar-refractivity contribution is 5.85. The highest BCUT2D eigenvalue weighted by Crippen LogP contribution is 2.23. The van der Waals surface area contributed by atoms with Crippen molar-refractivity contribution in [1.82, 2.24) is 15.6 Å². The van der Waals surface area contributed by atoms with Crippen molar-refractivity contribution in [3.8, 4) is 11.3 Å². The zero-order chi connectivity index (χ0) is 16.1. The average Bonchev–Trinajstić information content (AvgIpc) is 3.03. The summed E-state index contributed by atoms with van der Waals surface area (Å²) in [5.74, 6) is 0.470. The molecule has 1 atom stereocenters. The van der Waals surface area contributed by atoms with E-state index < -0.39 is 0 Å². The maximum absolute atomic E-state index is 13.7. The van der Waals surface area contributed by atoms with Crippen molar-refractivity contribution in [2.24, 2.45) is 0 Å². The van der Waals surface area contributed by atoms with Crippen LogP contribution in [0.5, 0.6) is 0 Å².